The molecule has 112 valence electrons. The Balaban J connectivity index is 2.12. The van der Waals surface area contributed by atoms with E-state index in [2.05, 4.69) is 41.2 Å². The summed E-state index contributed by atoms with van der Waals surface area (Å²) >= 11 is 0. The summed E-state index contributed by atoms with van der Waals surface area (Å²) in [6.07, 6.45) is 2.83. The molecule has 2 N–H and O–H groups in total. The number of morpholine rings is 1. The van der Waals surface area contributed by atoms with Crippen LogP contribution < -0.4 is 10.2 Å². The third-order valence-electron chi connectivity index (χ3n) is 3.93. The molecule has 1 aliphatic heterocycles. The summed E-state index contributed by atoms with van der Waals surface area (Å²) in [5.41, 5.74) is 2.16. The third kappa shape index (κ3) is 3.29. The number of hydrogen-bond acceptors (Lipinski definition) is 5. The first-order valence-corrected chi connectivity index (χ1v) is 7.31. The van der Waals surface area contributed by atoms with Crippen molar-refractivity contribution in [2.45, 2.75) is 38.5 Å². The molecule has 2 heterocycles. The first kappa shape index (κ1) is 15.2. The van der Waals surface area contributed by atoms with Crippen LogP contribution in [-0.2, 0) is 4.74 Å². The highest BCUT2D eigenvalue weighted by Crippen LogP contribution is 2.23. The van der Waals surface area contributed by atoms with Crippen molar-refractivity contribution in [1.29, 1.82) is 0 Å². The Morgan fingerprint density at radius 2 is 2.35 bits per heavy atom. The van der Waals surface area contributed by atoms with Gasteiger partial charge in [-0.15, -0.1) is 0 Å². The Kier molecular flexibility index (Phi) is 5.34. The van der Waals surface area contributed by atoms with Gasteiger partial charge in [-0.3, -0.25) is 4.98 Å². The number of aromatic nitrogens is 1. The third-order valence-corrected chi connectivity index (χ3v) is 3.93. The maximum absolute atomic E-state index is 9.25. The van der Waals surface area contributed by atoms with E-state index in [-0.39, 0.29) is 12.7 Å². The fraction of sp³-hybridized carbons (Fsp3) is 0.667. The average Bonchev–Trinajstić information content (AvgIpc) is 2.50. The number of rotatable bonds is 5. The molecule has 0 aromatic carbocycles. The van der Waals surface area contributed by atoms with Gasteiger partial charge in [0.2, 0.25) is 0 Å². The van der Waals surface area contributed by atoms with Crippen molar-refractivity contribution in [3.05, 3.63) is 24.0 Å². The molecule has 1 fully saturated rings. The molecule has 1 aromatic rings. The van der Waals surface area contributed by atoms with E-state index >= 15 is 0 Å². The number of aliphatic hydroxyl groups is 1. The molecule has 5 nitrogen and oxygen atoms in total. The molecule has 1 aromatic heterocycles. The largest absolute Gasteiger partial charge is 0.394 e. The molecule has 3 atom stereocenters. The minimum Gasteiger partial charge on any atom is -0.394 e. The van der Waals surface area contributed by atoms with Gasteiger partial charge in [-0.05, 0) is 32.5 Å². The lowest BCUT2D eigenvalue weighted by Gasteiger charge is -2.39. The van der Waals surface area contributed by atoms with Crippen LogP contribution in [-0.4, -0.2) is 49.0 Å². The van der Waals surface area contributed by atoms with Gasteiger partial charge in [-0.2, -0.15) is 0 Å². The topological polar surface area (TPSA) is 57.6 Å². The summed E-state index contributed by atoms with van der Waals surface area (Å²) in [5.74, 6) is 0. The Bertz CT molecular complexity index is 406. The van der Waals surface area contributed by atoms with E-state index < -0.39 is 0 Å². The van der Waals surface area contributed by atoms with Crippen molar-refractivity contribution in [3.63, 3.8) is 0 Å². The molecule has 0 bridgehead atoms. The van der Waals surface area contributed by atoms with Gasteiger partial charge in [0.25, 0.3) is 0 Å². The van der Waals surface area contributed by atoms with Gasteiger partial charge in [-0.25, -0.2) is 0 Å². The first-order chi connectivity index (χ1) is 9.69. The quantitative estimate of drug-likeness (QED) is 0.852. The lowest BCUT2D eigenvalue weighted by molar-refractivity contribution is -0.0103. The van der Waals surface area contributed by atoms with Crippen LogP contribution in [0.3, 0.4) is 0 Å². The van der Waals surface area contributed by atoms with E-state index in [1.165, 1.54) is 0 Å². The molecule has 1 aliphatic rings. The van der Waals surface area contributed by atoms with Crippen LogP contribution in [0.4, 0.5) is 5.69 Å². The van der Waals surface area contributed by atoms with Crippen LogP contribution in [0.25, 0.3) is 0 Å². The van der Waals surface area contributed by atoms with E-state index in [4.69, 9.17) is 4.74 Å². The van der Waals surface area contributed by atoms with Gasteiger partial charge in [0, 0.05) is 18.6 Å². The van der Waals surface area contributed by atoms with Crippen LogP contribution in [0.15, 0.2) is 18.3 Å². The van der Waals surface area contributed by atoms with Crippen molar-refractivity contribution in [2.24, 2.45) is 0 Å². The number of aliphatic hydroxyl groups excluding tert-OH is 1. The van der Waals surface area contributed by atoms with Crippen LogP contribution >= 0.6 is 0 Å². The predicted molar refractivity (Wildman–Crippen MR) is 80.0 cm³/mol. The maximum atomic E-state index is 9.25. The molecule has 0 amide bonds. The molecule has 3 unspecified atom stereocenters. The molecular formula is C15H25N3O2. The fourth-order valence-corrected chi connectivity index (χ4v) is 2.62. The van der Waals surface area contributed by atoms with Crippen LogP contribution in [0.1, 0.15) is 32.0 Å². The van der Waals surface area contributed by atoms with E-state index in [0.717, 1.165) is 17.8 Å². The average molecular weight is 279 g/mol. The van der Waals surface area contributed by atoms with E-state index in [1.54, 1.807) is 0 Å². The van der Waals surface area contributed by atoms with Crippen LogP contribution in [0.2, 0.25) is 0 Å². The molecular weight excluding hydrogens is 254 g/mol. The van der Waals surface area contributed by atoms with Crippen molar-refractivity contribution in [1.82, 2.24) is 10.3 Å². The number of hydrogen-bond donors (Lipinski definition) is 2. The molecule has 0 radical (unpaired) electrons. The Morgan fingerprint density at radius 3 is 2.90 bits per heavy atom. The minimum atomic E-state index is -0.105. The lowest BCUT2D eigenvalue weighted by atomic mass is 10.1. The summed E-state index contributed by atoms with van der Waals surface area (Å²) in [7, 11) is 1.96. The zero-order valence-electron chi connectivity index (χ0n) is 12.5. The van der Waals surface area contributed by atoms with E-state index in [0.29, 0.717) is 25.2 Å². The van der Waals surface area contributed by atoms with E-state index in [1.807, 2.05) is 13.2 Å². The molecule has 1 saturated heterocycles. The van der Waals surface area contributed by atoms with Crippen LogP contribution in [0.5, 0.6) is 0 Å². The minimum absolute atomic E-state index is 0.0619. The Labute approximate surface area is 121 Å². The van der Waals surface area contributed by atoms with Crippen LogP contribution in [0, 0.1) is 0 Å². The smallest absolute Gasteiger partial charge is 0.0981 e. The first-order valence-electron chi connectivity index (χ1n) is 7.31. The zero-order chi connectivity index (χ0) is 14.5. The lowest BCUT2D eigenvalue weighted by Crippen LogP contribution is -2.49. The fourth-order valence-electron chi connectivity index (χ4n) is 2.62. The highest BCUT2D eigenvalue weighted by molar-refractivity contribution is 5.46. The Hall–Kier alpha value is -1.17. The summed E-state index contributed by atoms with van der Waals surface area (Å²) in [5, 5.41) is 12.5. The normalized spacial score (nSPS) is 24.7. The van der Waals surface area contributed by atoms with Gasteiger partial charge < -0.3 is 20.1 Å². The highest BCUT2D eigenvalue weighted by Gasteiger charge is 2.26. The standard InChI is InChI=1S/C15H25N3O2/c1-4-14(16-3)15-6-5-12(7-17-15)18-8-13(9-19)20-10-11(18)2/h5-7,11,13-14,16,19H,4,8-10H2,1-3H3. The van der Waals surface area contributed by atoms with Gasteiger partial charge in [0.05, 0.1) is 36.9 Å². The zero-order valence-corrected chi connectivity index (χ0v) is 12.5. The molecule has 5 heteroatoms. The van der Waals surface area contributed by atoms with Crippen molar-refractivity contribution < 1.29 is 9.84 Å². The van der Waals surface area contributed by atoms with E-state index in [9.17, 15) is 5.11 Å². The predicted octanol–water partition coefficient (Wildman–Crippen LogP) is 1.34. The van der Waals surface area contributed by atoms with Crippen molar-refractivity contribution in [3.8, 4) is 0 Å². The van der Waals surface area contributed by atoms with Gasteiger partial charge >= 0.3 is 0 Å². The highest BCUT2D eigenvalue weighted by atomic mass is 16.5. The second-order valence-electron chi connectivity index (χ2n) is 5.33. The monoisotopic (exact) mass is 279 g/mol. The number of nitrogens with zero attached hydrogens (tertiary/aromatic N) is 2. The molecule has 2 rings (SSSR count). The summed E-state index contributed by atoms with van der Waals surface area (Å²) in [6.45, 7) is 5.69. The summed E-state index contributed by atoms with van der Waals surface area (Å²) in [6, 6.07) is 4.79. The molecule has 0 aliphatic carbocycles. The summed E-state index contributed by atoms with van der Waals surface area (Å²) < 4.78 is 5.57. The van der Waals surface area contributed by atoms with Gasteiger partial charge in [0.1, 0.15) is 0 Å². The number of ether oxygens (including phenoxy) is 1. The van der Waals surface area contributed by atoms with Crippen molar-refractivity contribution >= 4 is 5.69 Å². The second-order valence-corrected chi connectivity index (χ2v) is 5.33. The summed E-state index contributed by atoms with van der Waals surface area (Å²) in [4.78, 5) is 6.83. The Morgan fingerprint density at radius 1 is 1.55 bits per heavy atom. The molecule has 0 spiro atoms. The van der Waals surface area contributed by atoms with Gasteiger partial charge in [-0.1, -0.05) is 6.92 Å². The molecule has 0 saturated carbocycles. The number of pyridine rings is 1. The number of anilines is 1. The SMILES string of the molecule is CCC(NC)c1ccc(N2CC(CO)OCC2C)cn1. The van der Waals surface area contributed by atoms with Gasteiger partial charge in [0.15, 0.2) is 0 Å². The maximum Gasteiger partial charge on any atom is 0.0981 e. The second kappa shape index (κ2) is 7.02. The molecule has 20 heavy (non-hydrogen) atoms. The number of nitrogens with one attached hydrogen (secondary N) is 1. The van der Waals surface area contributed by atoms with Crippen molar-refractivity contribution in [2.75, 3.05) is 31.7 Å².